The van der Waals surface area contributed by atoms with Crippen molar-refractivity contribution in [1.29, 1.82) is 0 Å². The molecule has 3 unspecified atom stereocenters. The molecular weight excluding hydrogens is 474 g/mol. The Morgan fingerprint density at radius 3 is 2.63 bits per heavy atom. The van der Waals surface area contributed by atoms with E-state index in [0.717, 1.165) is 56.2 Å². The van der Waals surface area contributed by atoms with Gasteiger partial charge in [-0.05, 0) is 70.2 Å². The standard InChI is InChI=1S/C31H41N5O2/c1-4-35-20-26(25-13-8-9-14-28(25)35)23-17-24(19-33-18-23)27-15-10-16-36(27)31(38)29(22-11-6-5-7-12-22)34-30(37)21(2)32-3/h8-9,13-14,17-22,27,29,32H,4-7,10-12,15-16H2,1-3H3,(H,34,37). The van der Waals surface area contributed by atoms with Crippen molar-refractivity contribution >= 4 is 22.7 Å². The molecule has 3 heterocycles. The maximum absolute atomic E-state index is 14.1. The lowest BCUT2D eigenvalue weighted by molar-refractivity contribution is -0.139. The quantitative estimate of drug-likeness (QED) is 0.440. The molecule has 1 aliphatic carbocycles. The van der Waals surface area contributed by atoms with E-state index in [1.54, 1.807) is 7.05 Å². The molecule has 2 fully saturated rings. The largest absolute Gasteiger partial charge is 0.347 e. The second-order valence-electron chi connectivity index (χ2n) is 10.9. The van der Waals surface area contributed by atoms with Gasteiger partial charge in [-0.15, -0.1) is 0 Å². The van der Waals surface area contributed by atoms with E-state index in [1.807, 2.05) is 24.2 Å². The molecule has 3 aromatic rings. The lowest BCUT2D eigenvalue weighted by Gasteiger charge is -2.35. The van der Waals surface area contributed by atoms with Crippen LogP contribution >= 0.6 is 0 Å². The zero-order chi connectivity index (χ0) is 26.6. The average Bonchev–Trinajstić information content (AvgIpc) is 3.61. The topological polar surface area (TPSA) is 79.3 Å². The summed E-state index contributed by atoms with van der Waals surface area (Å²) in [5.41, 5.74) is 4.53. The van der Waals surface area contributed by atoms with E-state index in [0.29, 0.717) is 6.54 Å². The van der Waals surface area contributed by atoms with Crippen LogP contribution in [0.25, 0.3) is 22.0 Å². The van der Waals surface area contributed by atoms with Crippen LogP contribution in [-0.2, 0) is 16.1 Å². The molecular formula is C31H41N5O2. The van der Waals surface area contributed by atoms with Gasteiger partial charge in [-0.3, -0.25) is 14.6 Å². The maximum atomic E-state index is 14.1. The van der Waals surface area contributed by atoms with Crippen LogP contribution in [-0.4, -0.2) is 51.9 Å². The van der Waals surface area contributed by atoms with Gasteiger partial charge in [-0.1, -0.05) is 37.5 Å². The van der Waals surface area contributed by atoms with Crippen LogP contribution in [0.1, 0.15) is 70.4 Å². The van der Waals surface area contributed by atoms with E-state index in [9.17, 15) is 9.59 Å². The molecule has 2 aliphatic rings. The summed E-state index contributed by atoms with van der Waals surface area (Å²) in [5.74, 6) is 0.141. The normalized spacial score (nSPS) is 20.0. The van der Waals surface area contributed by atoms with Gasteiger partial charge in [0.05, 0.1) is 12.1 Å². The summed E-state index contributed by atoms with van der Waals surface area (Å²) < 4.78 is 2.27. The van der Waals surface area contributed by atoms with Crippen LogP contribution in [0, 0.1) is 5.92 Å². The van der Waals surface area contributed by atoms with Crippen LogP contribution in [0.4, 0.5) is 0 Å². The van der Waals surface area contributed by atoms with E-state index in [4.69, 9.17) is 0 Å². The van der Waals surface area contributed by atoms with Crippen molar-refractivity contribution in [2.24, 2.45) is 5.92 Å². The third kappa shape index (κ3) is 5.21. The summed E-state index contributed by atoms with van der Waals surface area (Å²) in [4.78, 5) is 33.6. The third-order valence-electron chi connectivity index (χ3n) is 8.63. The number of hydrogen-bond donors (Lipinski definition) is 2. The number of amides is 2. The molecule has 7 nitrogen and oxygen atoms in total. The molecule has 5 rings (SSSR count). The summed E-state index contributed by atoms with van der Waals surface area (Å²) in [6.45, 7) is 5.61. The number of aromatic nitrogens is 2. The van der Waals surface area contributed by atoms with Crippen molar-refractivity contribution in [3.63, 3.8) is 0 Å². The highest BCUT2D eigenvalue weighted by Crippen LogP contribution is 2.37. The molecule has 1 aromatic carbocycles. The number of benzene rings is 1. The lowest BCUT2D eigenvalue weighted by atomic mass is 9.83. The zero-order valence-electron chi connectivity index (χ0n) is 23.0. The smallest absolute Gasteiger partial charge is 0.245 e. The van der Waals surface area contributed by atoms with Crippen molar-refractivity contribution in [3.05, 3.63) is 54.5 Å². The van der Waals surface area contributed by atoms with E-state index < -0.39 is 6.04 Å². The first-order chi connectivity index (χ1) is 18.5. The minimum atomic E-state index is -0.474. The molecule has 38 heavy (non-hydrogen) atoms. The van der Waals surface area contributed by atoms with Gasteiger partial charge in [0.1, 0.15) is 6.04 Å². The summed E-state index contributed by atoms with van der Waals surface area (Å²) in [6, 6.07) is 9.85. The van der Waals surface area contributed by atoms with Crippen LogP contribution in [0.2, 0.25) is 0 Å². The maximum Gasteiger partial charge on any atom is 0.245 e. The Labute approximate surface area is 226 Å². The first-order valence-electron chi connectivity index (χ1n) is 14.3. The van der Waals surface area contributed by atoms with E-state index in [-0.39, 0.29) is 29.8 Å². The van der Waals surface area contributed by atoms with Crippen LogP contribution < -0.4 is 10.6 Å². The number of likely N-dealkylation sites (N-methyl/N-ethyl adjacent to an activating group) is 1. The van der Waals surface area contributed by atoms with E-state index in [2.05, 4.69) is 63.6 Å². The predicted octanol–water partition coefficient (Wildman–Crippen LogP) is 5.06. The van der Waals surface area contributed by atoms with Crippen molar-refractivity contribution in [3.8, 4) is 11.1 Å². The lowest BCUT2D eigenvalue weighted by Crippen LogP contribution is -2.55. The zero-order valence-corrected chi connectivity index (χ0v) is 23.0. The van der Waals surface area contributed by atoms with Crippen molar-refractivity contribution < 1.29 is 9.59 Å². The fourth-order valence-electron chi connectivity index (χ4n) is 6.34. The minimum Gasteiger partial charge on any atom is -0.347 e. The average molecular weight is 516 g/mol. The number of carbonyl (C=O) groups is 2. The fourth-order valence-corrected chi connectivity index (χ4v) is 6.34. The Morgan fingerprint density at radius 1 is 1.08 bits per heavy atom. The molecule has 7 heteroatoms. The molecule has 2 aromatic heterocycles. The molecule has 1 aliphatic heterocycles. The van der Waals surface area contributed by atoms with Gasteiger partial charge in [0, 0.05) is 53.7 Å². The highest BCUT2D eigenvalue weighted by molar-refractivity contribution is 5.96. The number of nitrogens with one attached hydrogen (secondary N) is 2. The Hall–Kier alpha value is -3.19. The highest BCUT2D eigenvalue weighted by atomic mass is 16.2. The van der Waals surface area contributed by atoms with Gasteiger partial charge in [-0.25, -0.2) is 0 Å². The number of pyridine rings is 1. The van der Waals surface area contributed by atoms with Gasteiger partial charge in [0.15, 0.2) is 0 Å². The number of para-hydroxylation sites is 1. The summed E-state index contributed by atoms with van der Waals surface area (Å²) in [7, 11) is 1.77. The summed E-state index contributed by atoms with van der Waals surface area (Å²) >= 11 is 0. The van der Waals surface area contributed by atoms with Gasteiger partial charge < -0.3 is 20.1 Å². The van der Waals surface area contributed by atoms with Crippen LogP contribution in [0.5, 0.6) is 0 Å². The number of rotatable bonds is 8. The molecule has 3 atom stereocenters. The summed E-state index contributed by atoms with van der Waals surface area (Å²) in [6.07, 6.45) is 13.3. The van der Waals surface area contributed by atoms with Gasteiger partial charge in [0.2, 0.25) is 11.8 Å². The van der Waals surface area contributed by atoms with Gasteiger partial charge in [0.25, 0.3) is 0 Å². The number of hydrogen-bond acceptors (Lipinski definition) is 4. The Morgan fingerprint density at radius 2 is 1.87 bits per heavy atom. The van der Waals surface area contributed by atoms with Crippen LogP contribution in [0.3, 0.4) is 0 Å². The third-order valence-corrected chi connectivity index (χ3v) is 8.63. The van der Waals surface area contributed by atoms with Crippen molar-refractivity contribution in [1.82, 2.24) is 25.1 Å². The van der Waals surface area contributed by atoms with Gasteiger partial charge in [-0.2, -0.15) is 0 Å². The number of carbonyl (C=O) groups excluding carboxylic acids is 2. The Balaban J connectivity index is 1.43. The SMILES string of the molecule is CCn1cc(-c2cncc(C3CCCN3C(=O)C(NC(=O)C(C)NC)C3CCCCC3)c2)c2ccccc21. The van der Waals surface area contributed by atoms with Gasteiger partial charge >= 0.3 is 0 Å². The number of likely N-dealkylation sites (tertiary alicyclic amines) is 1. The Bertz CT molecular complexity index is 1280. The molecule has 2 amide bonds. The molecule has 0 bridgehead atoms. The molecule has 1 saturated heterocycles. The van der Waals surface area contributed by atoms with Crippen molar-refractivity contribution in [2.45, 2.75) is 83.5 Å². The number of nitrogens with zero attached hydrogens (tertiary/aromatic N) is 3. The first kappa shape index (κ1) is 26.4. The van der Waals surface area contributed by atoms with E-state index in [1.165, 1.54) is 22.9 Å². The van der Waals surface area contributed by atoms with Crippen molar-refractivity contribution in [2.75, 3.05) is 13.6 Å². The number of fused-ring (bicyclic) bond motifs is 1. The predicted molar refractivity (Wildman–Crippen MR) is 152 cm³/mol. The van der Waals surface area contributed by atoms with E-state index >= 15 is 0 Å². The Kier molecular flexibility index (Phi) is 8.12. The second kappa shape index (κ2) is 11.7. The molecule has 2 N–H and O–H groups in total. The fraction of sp³-hybridized carbons (Fsp3) is 0.516. The molecule has 0 spiro atoms. The second-order valence-corrected chi connectivity index (χ2v) is 10.9. The number of aryl methyl sites for hydroxylation is 1. The monoisotopic (exact) mass is 515 g/mol. The molecule has 1 saturated carbocycles. The highest BCUT2D eigenvalue weighted by Gasteiger charge is 2.39. The first-order valence-corrected chi connectivity index (χ1v) is 14.3. The minimum absolute atomic E-state index is 0.0285. The molecule has 0 radical (unpaired) electrons. The van der Waals surface area contributed by atoms with Crippen LogP contribution in [0.15, 0.2) is 48.9 Å². The summed E-state index contributed by atoms with van der Waals surface area (Å²) in [5, 5.41) is 7.37. The molecule has 202 valence electrons.